The minimum Gasteiger partial charge on any atom is -0.489 e. The van der Waals surface area contributed by atoms with Gasteiger partial charge in [-0.25, -0.2) is 4.79 Å². The first-order valence-electron chi connectivity index (χ1n) is 10.3. The van der Waals surface area contributed by atoms with E-state index in [4.69, 9.17) is 25.5 Å². The Kier molecular flexibility index (Phi) is 6.70. The van der Waals surface area contributed by atoms with Gasteiger partial charge in [-0.1, -0.05) is 29.8 Å². The van der Waals surface area contributed by atoms with Crippen LogP contribution < -0.4 is 10.4 Å². The summed E-state index contributed by atoms with van der Waals surface area (Å²) in [5.41, 5.74) is 1.59. The molecule has 1 fully saturated rings. The SMILES string of the molecule is Cc1cc(OCc2ccccc2Cl)cc2oc(=O)c(C(=O)CCN3CCOCC3)cc12. The molecule has 0 amide bonds. The van der Waals surface area contributed by atoms with Crippen LogP contribution in [0.1, 0.15) is 27.9 Å². The van der Waals surface area contributed by atoms with Gasteiger partial charge >= 0.3 is 5.63 Å². The standard InChI is InChI=1S/C24H24ClNO5/c1-16-12-18(30-15-17-4-2-3-5-21(17)25)13-23-19(16)14-20(24(28)31-23)22(27)6-7-26-8-10-29-11-9-26/h2-5,12-14H,6-11,15H2,1H3. The Morgan fingerprint density at radius 3 is 2.71 bits per heavy atom. The first-order valence-corrected chi connectivity index (χ1v) is 10.7. The van der Waals surface area contributed by atoms with Crippen LogP contribution >= 0.6 is 11.6 Å². The van der Waals surface area contributed by atoms with E-state index in [-0.39, 0.29) is 17.8 Å². The van der Waals surface area contributed by atoms with Crippen LogP contribution in [0.2, 0.25) is 5.02 Å². The first kappa shape index (κ1) is 21.6. The third kappa shape index (κ3) is 5.15. The van der Waals surface area contributed by atoms with Crippen LogP contribution in [0, 0.1) is 6.92 Å². The normalized spacial score (nSPS) is 14.6. The van der Waals surface area contributed by atoms with Crippen LogP contribution in [0.3, 0.4) is 0 Å². The summed E-state index contributed by atoms with van der Waals surface area (Å²) in [4.78, 5) is 27.3. The van der Waals surface area contributed by atoms with Gasteiger partial charge < -0.3 is 13.9 Å². The second-order valence-corrected chi connectivity index (χ2v) is 8.01. The number of rotatable bonds is 7. The van der Waals surface area contributed by atoms with Crippen LogP contribution in [-0.4, -0.2) is 43.5 Å². The molecule has 0 saturated carbocycles. The van der Waals surface area contributed by atoms with E-state index < -0.39 is 5.63 Å². The molecular formula is C24H24ClNO5. The summed E-state index contributed by atoms with van der Waals surface area (Å²) in [5, 5.41) is 1.35. The van der Waals surface area contributed by atoms with Gasteiger partial charge in [0.1, 0.15) is 23.5 Å². The third-order valence-electron chi connectivity index (χ3n) is 5.45. The van der Waals surface area contributed by atoms with Gasteiger partial charge in [0.15, 0.2) is 5.78 Å². The number of fused-ring (bicyclic) bond motifs is 1. The van der Waals surface area contributed by atoms with Gasteiger partial charge in [0.2, 0.25) is 0 Å². The molecule has 3 aromatic rings. The zero-order valence-corrected chi connectivity index (χ0v) is 18.1. The number of Topliss-reactive ketones (excluding diaryl/α,β-unsaturated/α-hetero) is 1. The highest BCUT2D eigenvalue weighted by Crippen LogP contribution is 2.26. The maximum Gasteiger partial charge on any atom is 0.347 e. The number of benzene rings is 2. The lowest BCUT2D eigenvalue weighted by atomic mass is 10.0. The molecule has 0 bridgehead atoms. The van der Waals surface area contributed by atoms with Crippen molar-refractivity contribution in [3.63, 3.8) is 0 Å². The minimum absolute atomic E-state index is 0.0913. The Morgan fingerprint density at radius 1 is 1.16 bits per heavy atom. The average molecular weight is 442 g/mol. The van der Waals surface area contributed by atoms with E-state index in [0.717, 1.165) is 29.6 Å². The molecule has 1 aromatic heterocycles. The number of carbonyl (C=O) groups is 1. The molecule has 1 saturated heterocycles. The topological polar surface area (TPSA) is 69.0 Å². The molecule has 7 heteroatoms. The maximum atomic E-state index is 12.7. The van der Waals surface area contributed by atoms with E-state index in [1.807, 2.05) is 37.3 Å². The highest BCUT2D eigenvalue weighted by Gasteiger charge is 2.18. The van der Waals surface area contributed by atoms with E-state index in [1.54, 1.807) is 12.1 Å². The second-order valence-electron chi connectivity index (χ2n) is 7.61. The molecule has 2 aromatic carbocycles. The Labute approximate surface area is 185 Å². The van der Waals surface area contributed by atoms with Gasteiger partial charge in [-0.2, -0.15) is 0 Å². The lowest BCUT2D eigenvalue weighted by Crippen LogP contribution is -2.37. The van der Waals surface area contributed by atoms with E-state index in [9.17, 15) is 9.59 Å². The highest BCUT2D eigenvalue weighted by molar-refractivity contribution is 6.31. The van der Waals surface area contributed by atoms with Gasteiger partial charge in [0.25, 0.3) is 0 Å². The largest absolute Gasteiger partial charge is 0.489 e. The summed E-state index contributed by atoms with van der Waals surface area (Å²) in [5.74, 6) is 0.361. The molecule has 162 valence electrons. The van der Waals surface area contributed by atoms with E-state index in [0.29, 0.717) is 42.7 Å². The predicted molar refractivity (Wildman–Crippen MR) is 119 cm³/mol. The molecule has 1 aliphatic rings. The maximum absolute atomic E-state index is 12.7. The van der Waals surface area contributed by atoms with Crippen LogP contribution in [0.4, 0.5) is 0 Å². The molecule has 0 unspecified atom stereocenters. The fourth-order valence-corrected chi connectivity index (χ4v) is 3.83. The van der Waals surface area contributed by atoms with Crippen molar-refractivity contribution in [2.75, 3.05) is 32.8 Å². The summed E-state index contributed by atoms with van der Waals surface area (Å²) in [6, 6.07) is 12.6. The van der Waals surface area contributed by atoms with Crippen molar-refractivity contribution in [2.45, 2.75) is 20.0 Å². The second kappa shape index (κ2) is 9.64. The fraction of sp³-hybridized carbons (Fsp3) is 0.333. The van der Waals surface area contributed by atoms with Crippen molar-refractivity contribution in [3.8, 4) is 5.75 Å². The lowest BCUT2D eigenvalue weighted by molar-refractivity contribution is 0.0370. The van der Waals surface area contributed by atoms with Gasteiger partial charge in [0, 0.05) is 48.1 Å². The average Bonchev–Trinajstić information content (AvgIpc) is 2.77. The number of hydrogen-bond acceptors (Lipinski definition) is 6. The number of ketones is 1. The number of carbonyl (C=O) groups excluding carboxylic acids is 1. The molecule has 0 radical (unpaired) electrons. The molecule has 0 atom stereocenters. The zero-order valence-electron chi connectivity index (χ0n) is 17.4. The van der Waals surface area contributed by atoms with Crippen molar-refractivity contribution in [1.82, 2.24) is 4.90 Å². The molecule has 0 aliphatic carbocycles. The summed E-state index contributed by atoms with van der Waals surface area (Å²) in [6.07, 6.45) is 0.272. The monoisotopic (exact) mass is 441 g/mol. The van der Waals surface area contributed by atoms with Crippen molar-refractivity contribution >= 4 is 28.4 Å². The summed E-state index contributed by atoms with van der Waals surface area (Å²) in [7, 11) is 0. The summed E-state index contributed by atoms with van der Waals surface area (Å²) >= 11 is 6.18. The van der Waals surface area contributed by atoms with E-state index >= 15 is 0 Å². The Bertz CT molecular complexity index is 1150. The molecule has 2 heterocycles. The highest BCUT2D eigenvalue weighted by atomic mass is 35.5. The van der Waals surface area contributed by atoms with Crippen molar-refractivity contribution < 1.29 is 18.7 Å². The zero-order chi connectivity index (χ0) is 21.8. The molecule has 31 heavy (non-hydrogen) atoms. The molecule has 4 rings (SSSR count). The van der Waals surface area contributed by atoms with Gasteiger partial charge in [-0.3, -0.25) is 9.69 Å². The van der Waals surface area contributed by atoms with Crippen LogP contribution in [0.5, 0.6) is 5.75 Å². The van der Waals surface area contributed by atoms with E-state index in [2.05, 4.69) is 4.90 Å². The summed E-state index contributed by atoms with van der Waals surface area (Å²) in [6.45, 7) is 5.75. The number of ether oxygens (including phenoxy) is 2. The molecule has 1 aliphatic heterocycles. The molecule has 0 spiro atoms. The predicted octanol–water partition coefficient (Wildman–Crippen LogP) is 4.24. The summed E-state index contributed by atoms with van der Waals surface area (Å²) < 4.78 is 16.7. The quantitative estimate of drug-likeness (QED) is 0.403. The van der Waals surface area contributed by atoms with Crippen LogP contribution in [-0.2, 0) is 11.3 Å². The number of hydrogen-bond donors (Lipinski definition) is 0. The number of halogens is 1. The third-order valence-corrected chi connectivity index (χ3v) is 5.81. The molecule has 0 N–H and O–H groups in total. The van der Waals surface area contributed by atoms with Crippen molar-refractivity contribution in [1.29, 1.82) is 0 Å². The smallest absolute Gasteiger partial charge is 0.347 e. The number of morpholine rings is 1. The van der Waals surface area contributed by atoms with Crippen molar-refractivity contribution in [3.05, 3.63) is 74.6 Å². The van der Waals surface area contributed by atoms with Crippen LogP contribution in [0.15, 0.2) is 51.7 Å². The Morgan fingerprint density at radius 2 is 1.94 bits per heavy atom. The number of aryl methyl sites for hydroxylation is 1. The van der Waals surface area contributed by atoms with Gasteiger partial charge in [0.05, 0.1) is 13.2 Å². The van der Waals surface area contributed by atoms with Gasteiger partial charge in [-0.05, 0) is 30.7 Å². The Balaban J connectivity index is 1.51. The minimum atomic E-state index is -0.623. The van der Waals surface area contributed by atoms with Crippen molar-refractivity contribution in [2.24, 2.45) is 0 Å². The molecular weight excluding hydrogens is 418 g/mol. The fourth-order valence-electron chi connectivity index (χ4n) is 3.63. The first-order chi connectivity index (χ1) is 15.0. The Hall–Kier alpha value is -2.67. The van der Waals surface area contributed by atoms with E-state index in [1.165, 1.54) is 0 Å². The van der Waals surface area contributed by atoms with Gasteiger partial charge in [-0.15, -0.1) is 0 Å². The lowest BCUT2D eigenvalue weighted by Gasteiger charge is -2.26. The molecule has 6 nitrogen and oxygen atoms in total. The number of nitrogens with zero attached hydrogens (tertiary/aromatic N) is 1. The van der Waals surface area contributed by atoms with Crippen LogP contribution in [0.25, 0.3) is 11.0 Å².